The number of hydrogen-bond donors (Lipinski definition) is 0. The van der Waals surface area contributed by atoms with E-state index in [0.29, 0.717) is 5.56 Å². The Morgan fingerprint density at radius 1 is 0.741 bits per heavy atom. The third-order valence-electron chi connectivity index (χ3n) is 4.62. The minimum atomic E-state index is -0.0761. The van der Waals surface area contributed by atoms with Gasteiger partial charge in [-0.25, -0.2) is 5.01 Å². The molecule has 27 heavy (non-hydrogen) atoms. The van der Waals surface area contributed by atoms with Crippen LogP contribution in [0.15, 0.2) is 91.1 Å². The van der Waals surface area contributed by atoms with E-state index in [9.17, 15) is 4.79 Å². The van der Waals surface area contributed by atoms with Gasteiger partial charge in [0, 0.05) is 36.9 Å². The molecule has 134 valence electrons. The molecule has 4 rings (SSSR count). The summed E-state index contributed by atoms with van der Waals surface area (Å²) >= 11 is 0. The van der Waals surface area contributed by atoms with Crippen LogP contribution in [0.5, 0.6) is 0 Å². The second kappa shape index (κ2) is 7.00. The van der Waals surface area contributed by atoms with E-state index in [2.05, 4.69) is 0 Å². The van der Waals surface area contributed by atoms with Gasteiger partial charge in [-0.05, 0) is 48.5 Å². The zero-order chi connectivity index (χ0) is 18.8. The molecule has 4 nitrogen and oxygen atoms in total. The normalized spacial score (nSPS) is 10.7. The number of carbonyl (C=O) groups is 1. The Balaban J connectivity index is 1.82. The van der Waals surface area contributed by atoms with E-state index in [4.69, 9.17) is 0 Å². The summed E-state index contributed by atoms with van der Waals surface area (Å²) in [5.41, 5.74) is 3.51. The Morgan fingerprint density at radius 3 is 2.11 bits per heavy atom. The Bertz CT molecular complexity index is 1070. The molecule has 0 fully saturated rings. The van der Waals surface area contributed by atoms with Crippen molar-refractivity contribution in [2.45, 2.75) is 0 Å². The molecular weight excluding hydrogens is 334 g/mol. The lowest BCUT2D eigenvalue weighted by atomic mass is 10.1. The lowest BCUT2D eigenvalue weighted by Crippen LogP contribution is -2.35. The molecule has 0 aliphatic carbocycles. The van der Waals surface area contributed by atoms with Gasteiger partial charge in [-0.15, -0.1) is 0 Å². The van der Waals surface area contributed by atoms with Gasteiger partial charge in [0.25, 0.3) is 5.91 Å². The van der Waals surface area contributed by atoms with Crippen LogP contribution >= 0.6 is 0 Å². The number of amides is 1. The SMILES string of the molecule is CN(C)c1ccc(C(=O)N(c2ccccc2)n2ccc3ccccc32)cc1. The average molecular weight is 355 g/mol. The molecule has 0 saturated carbocycles. The van der Waals surface area contributed by atoms with Crippen molar-refractivity contribution in [2.24, 2.45) is 0 Å². The van der Waals surface area contributed by atoms with Gasteiger partial charge < -0.3 is 4.90 Å². The van der Waals surface area contributed by atoms with E-state index in [-0.39, 0.29) is 5.91 Å². The van der Waals surface area contributed by atoms with Crippen LogP contribution in [0.1, 0.15) is 10.4 Å². The summed E-state index contributed by atoms with van der Waals surface area (Å²) in [6, 6.07) is 27.5. The van der Waals surface area contributed by atoms with Gasteiger partial charge >= 0.3 is 0 Å². The number of anilines is 2. The minimum absolute atomic E-state index is 0.0761. The van der Waals surface area contributed by atoms with E-state index in [1.165, 1.54) is 0 Å². The summed E-state index contributed by atoms with van der Waals surface area (Å²) < 4.78 is 1.91. The third kappa shape index (κ3) is 3.17. The van der Waals surface area contributed by atoms with Crippen LogP contribution in [0.3, 0.4) is 0 Å². The molecular formula is C23H21N3O. The zero-order valence-corrected chi connectivity index (χ0v) is 15.4. The Labute approximate surface area is 158 Å². The predicted octanol–water partition coefficient (Wildman–Crippen LogP) is 4.82. The largest absolute Gasteiger partial charge is 0.378 e. The van der Waals surface area contributed by atoms with Gasteiger partial charge in [-0.3, -0.25) is 9.47 Å². The van der Waals surface area contributed by atoms with Crippen LogP contribution in [0.25, 0.3) is 10.9 Å². The molecule has 0 N–H and O–H groups in total. The van der Waals surface area contributed by atoms with E-state index in [1.54, 1.807) is 5.01 Å². The molecule has 0 aliphatic rings. The summed E-state index contributed by atoms with van der Waals surface area (Å²) in [4.78, 5) is 15.5. The minimum Gasteiger partial charge on any atom is -0.378 e. The standard InChI is InChI=1S/C23H21N3O/c1-24(2)20-14-12-19(13-15-20)23(27)26(21-9-4-3-5-10-21)25-17-16-18-8-6-7-11-22(18)25/h3-17H,1-2H3. The van der Waals surface area contributed by atoms with Crippen LogP contribution in [0, 0.1) is 0 Å². The van der Waals surface area contributed by atoms with Crippen molar-refractivity contribution in [3.8, 4) is 0 Å². The van der Waals surface area contributed by atoms with E-state index >= 15 is 0 Å². The molecule has 0 spiro atoms. The molecule has 4 heteroatoms. The number of carbonyl (C=O) groups excluding carboxylic acids is 1. The lowest BCUT2D eigenvalue weighted by Gasteiger charge is -2.25. The maximum absolute atomic E-state index is 13.5. The van der Waals surface area contributed by atoms with Crippen LogP contribution in [-0.2, 0) is 0 Å². The number of para-hydroxylation sites is 2. The lowest BCUT2D eigenvalue weighted by molar-refractivity contribution is 0.0977. The summed E-state index contributed by atoms with van der Waals surface area (Å²) in [6.07, 6.45) is 1.93. The highest BCUT2D eigenvalue weighted by Gasteiger charge is 2.21. The fourth-order valence-electron chi connectivity index (χ4n) is 3.18. The van der Waals surface area contributed by atoms with Gasteiger partial charge in [-0.1, -0.05) is 36.4 Å². The molecule has 0 unspecified atom stereocenters. The summed E-state index contributed by atoms with van der Waals surface area (Å²) in [5, 5.41) is 2.81. The highest BCUT2D eigenvalue weighted by atomic mass is 16.2. The van der Waals surface area contributed by atoms with Crippen molar-refractivity contribution in [3.05, 3.63) is 96.7 Å². The van der Waals surface area contributed by atoms with Gasteiger partial charge in [0.05, 0.1) is 11.2 Å². The molecule has 4 aromatic rings. The highest BCUT2D eigenvalue weighted by Crippen LogP contribution is 2.24. The first-order valence-corrected chi connectivity index (χ1v) is 8.88. The number of benzene rings is 3. The Kier molecular flexibility index (Phi) is 4.38. The first-order chi connectivity index (χ1) is 13.1. The Hall–Kier alpha value is -3.53. The van der Waals surface area contributed by atoms with Crippen LogP contribution in [0.4, 0.5) is 11.4 Å². The quantitative estimate of drug-likeness (QED) is 0.525. The van der Waals surface area contributed by atoms with Gasteiger partial charge in [0.2, 0.25) is 0 Å². The van der Waals surface area contributed by atoms with Crippen molar-refractivity contribution in [1.82, 2.24) is 4.68 Å². The summed E-state index contributed by atoms with van der Waals surface area (Å²) in [6.45, 7) is 0. The number of nitrogens with zero attached hydrogens (tertiary/aromatic N) is 3. The molecule has 0 aliphatic heterocycles. The smallest absolute Gasteiger partial charge is 0.277 e. The number of rotatable bonds is 4. The fraction of sp³-hybridized carbons (Fsp3) is 0.0870. The van der Waals surface area contributed by atoms with E-state index < -0.39 is 0 Å². The molecule has 1 heterocycles. The van der Waals surface area contributed by atoms with Gasteiger partial charge in [0.1, 0.15) is 0 Å². The van der Waals surface area contributed by atoms with Crippen molar-refractivity contribution >= 4 is 28.2 Å². The molecule has 0 bridgehead atoms. The Morgan fingerprint density at radius 2 is 1.41 bits per heavy atom. The maximum Gasteiger partial charge on any atom is 0.277 e. The van der Waals surface area contributed by atoms with Crippen LogP contribution < -0.4 is 9.91 Å². The average Bonchev–Trinajstić information content (AvgIpc) is 3.13. The van der Waals surface area contributed by atoms with Gasteiger partial charge in [-0.2, -0.15) is 0 Å². The fourth-order valence-corrected chi connectivity index (χ4v) is 3.18. The van der Waals surface area contributed by atoms with Gasteiger partial charge in [0.15, 0.2) is 0 Å². The van der Waals surface area contributed by atoms with Crippen molar-refractivity contribution in [1.29, 1.82) is 0 Å². The monoisotopic (exact) mass is 355 g/mol. The molecule has 1 aromatic heterocycles. The highest BCUT2D eigenvalue weighted by molar-refractivity contribution is 6.06. The topological polar surface area (TPSA) is 28.5 Å². The number of hydrogen-bond acceptors (Lipinski definition) is 2. The molecule has 0 saturated heterocycles. The number of aromatic nitrogens is 1. The summed E-state index contributed by atoms with van der Waals surface area (Å²) in [7, 11) is 3.97. The van der Waals surface area contributed by atoms with E-state index in [0.717, 1.165) is 22.3 Å². The predicted molar refractivity (Wildman–Crippen MR) is 111 cm³/mol. The maximum atomic E-state index is 13.5. The first-order valence-electron chi connectivity index (χ1n) is 8.88. The van der Waals surface area contributed by atoms with Crippen molar-refractivity contribution < 1.29 is 4.79 Å². The van der Waals surface area contributed by atoms with Crippen molar-refractivity contribution in [2.75, 3.05) is 24.0 Å². The first kappa shape index (κ1) is 16.9. The molecule has 0 radical (unpaired) electrons. The zero-order valence-electron chi connectivity index (χ0n) is 15.4. The van der Waals surface area contributed by atoms with Crippen molar-refractivity contribution in [3.63, 3.8) is 0 Å². The van der Waals surface area contributed by atoms with Crippen LogP contribution in [-0.4, -0.2) is 24.7 Å². The number of fused-ring (bicyclic) bond motifs is 1. The molecule has 0 atom stereocenters. The summed E-state index contributed by atoms with van der Waals surface area (Å²) in [5.74, 6) is -0.0761. The van der Waals surface area contributed by atoms with E-state index in [1.807, 2.05) is 115 Å². The second-order valence-corrected chi connectivity index (χ2v) is 6.61. The molecule has 1 amide bonds. The molecule has 3 aromatic carbocycles. The second-order valence-electron chi connectivity index (χ2n) is 6.61. The van der Waals surface area contributed by atoms with Crippen LogP contribution in [0.2, 0.25) is 0 Å². The third-order valence-corrected chi connectivity index (χ3v) is 4.62.